The Hall–Kier alpha value is -2.51. The third-order valence-corrected chi connectivity index (χ3v) is 3.30. The van der Waals surface area contributed by atoms with Gasteiger partial charge < -0.3 is 10.2 Å². The minimum atomic E-state index is -0.599. The lowest BCUT2D eigenvalue weighted by atomic mass is 10.1. The molecule has 0 aliphatic carbocycles. The van der Waals surface area contributed by atoms with Gasteiger partial charge in [0, 0.05) is 17.7 Å². The molecule has 7 nitrogen and oxygen atoms in total. The number of nitrogens with zero attached hydrogens (tertiary/aromatic N) is 3. The predicted octanol–water partition coefficient (Wildman–Crippen LogP) is 4.29. The van der Waals surface area contributed by atoms with Gasteiger partial charge in [0.15, 0.2) is 5.69 Å². The number of azo groups is 1. The lowest BCUT2D eigenvalue weighted by Gasteiger charge is -2.03. The molecule has 0 amide bonds. The fraction of sp³-hybridized carbons (Fsp3) is 0.200. The van der Waals surface area contributed by atoms with Crippen LogP contribution in [-0.2, 0) is 6.42 Å². The lowest BCUT2D eigenvalue weighted by molar-refractivity contribution is -0.384. The van der Waals surface area contributed by atoms with Crippen molar-refractivity contribution in [2.45, 2.75) is 12.8 Å². The van der Waals surface area contributed by atoms with Crippen LogP contribution in [0.5, 0.6) is 5.75 Å². The number of halogens is 1. The summed E-state index contributed by atoms with van der Waals surface area (Å²) in [5.41, 5.74) is 0.845. The van der Waals surface area contributed by atoms with Crippen molar-refractivity contribution in [3.63, 3.8) is 0 Å². The van der Waals surface area contributed by atoms with Crippen LogP contribution >= 0.6 is 11.6 Å². The van der Waals surface area contributed by atoms with Crippen LogP contribution in [0.15, 0.2) is 46.6 Å². The predicted molar refractivity (Wildman–Crippen MR) is 85.8 cm³/mol. The second kappa shape index (κ2) is 7.66. The van der Waals surface area contributed by atoms with Gasteiger partial charge in [0.05, 0.1) is 4.92 Å². The average Bonchev–Trinajstić information content (AvgIpc) is 2.53. The zero-order chi connectivity index (χ0) is 16.8. The Bertz CT molecular complexity index is 749. The molecule has 0 saturated heterocycles. The number of rotatable bonds is 6. The van der Waals surface area contributed by atoms with Gasteiger partial charge in [-0.25, -0.2) is 0 Å². The zero-order valence-electron chi connectivity index (χ0n) is 12.0. The summed E-state index contributed by atoms with van der Waals surface area (Å²) in [5.74, 6) is -0.0851. The second-order valence-corrected chi connectivity index (χ2v) is 5.18. The third kappa shape index (κ3) is 4.48. The third-order valence-electron chi connectivity index (χ3n) is 3.06. The summed E-state index contributed by atoms with van der Waals surface area (Å²) in [6.45, 7) is 0.0642. The number of aliphatic hydroxyl groups excluding tert-OH is 1. The Labute approximate surface area is 137 Å². The van der Waals surface area contributed by atoms with Gasteiger partial charge in [0.25, 0.3) is 5.69 Å². The first-order valence-electron chi connectivity index (χ1n) is 6.79. The molecule has 0 spiro atoms. The highest BCUT2D eigenvalue weighted by atomic mass is 35.5. The molecular formula is C15H14ClN3O4. The number of phenolic OH excluding ortho intramolecular Hbond substituents is 1. The summed E-state index contributed by atoms with van der Waals surface area (Å²) in [6, 6.07) is 8.85. The number of phenols is 1. The first-order valence-corrected chi connectivity index (χ1v) is 7.17. The Balaban J connectivity index is 2.31. The molecular weight excluding hydrogens is 322 g/mol. The summed E-state index contributed by atoms with van der Waals surface area (Å²) >= 11 is 5.74. The van der Waals surface area contributed by atoms with Crippen LogP contribution in [0, 0.1) is 10.1 Å². The number of benzene rings is 2. The van der Waals surface area contributed by atoms with E-state index in [2.05, 4.69) is 10.2 Å². The quantitative estimate of drug-likeness (QED) is 0.466. The van der Waals surface area contributed by atoms with Crippen LogP contribution in [0.25, 0.3) is 0 Å². The highest BCUT2D eigenvalue weighted by Gasteiger charge is 2.14. The van der Waals surface area contributed by atoms with Gasteiger partial charge in [-0.3, -0.25) is 10.1 Å². The molecule has 0 heterocycles. The van der Waals surface area contributed by atoms with E-state index in [0.717, 1.165) is 5.56 Å². The Morgan fingerprint density at radius 3 is 2.57 bits per heavy atom. The van der Waals surface area contributed by atoms with Gasteiger partial charge >= 0.3 is 0 Å². The van der Waals surface area contributed by atoms with E-state index in [0.29, 0.717) is 12.8 Å². The van der Waals surface area contributed by atoms with Crippen LogP contribution in [0.4, 0.5) is 17.1 Å². The van der Waals surface area contributed by atoms with Crippen LogP contribution in [0.1, 0.15) is 12.0 Å². The number of nitro groups is 1. The number of nitro benzene ring substituents is 1. The fourth-order valence-electron chi connectivity index (χ4n) is 1.92. The summed E-state index contributed by atoms with van der Waals surface area (Å²) in [7, 11) is 0. The van der Waals surface area contributed by atoms with E-state index >= 15 is 0 Å². The van der Waals surface area contributed by atoms with Crippen LogP contribution in [0.2, 0.25) is 5.02 Å². The van der Waals surface area contributed by atoms with Gasteiger partial charge in [-0.15, -0.1) is 10.2 Å². The molecule has 0 fully saturated rings. The SMILES string of the molecule is O=[N+]([O-])c1cc(Cl)ccc1/N=N/c1cc(CCCO)ccc1O. The molecule has 0 radical (unpaired) electrons. The van der Waals surface area contributed by atoms with Gasteiger partial charge in [-0.1, -0.05) is 17.7 Å². The molecule has 0 saturated carbocycles. The summed E-state index contributed by atoms with van der Waals surface area (Å²) in [6.07, 6.45) is 1.21. The first kappa shape index (κ1) is 16.9. The standard InChI is InChI=1S/C15H14ClN3O4/c16-11-4-5-12(14(9-11)19(22)23)17-18-13-8-10(2-1-7-20)3-6-15(13)21/h3-6,8-9,20-21H,1-2,7H2/b18-17+. The van der Waals surface area contributed by atoms with E-state index in [1.54, 1.807) is 12.1 Å². The Morgan fingerprint density at radius 2 is 1.87 bits per heavy atom. The van der Waals surface area contributed by atoms with Crippen LogP contribution in [0.3, 0.4) is 0 Å². The topological polar surface area (TPSA) is 108 Å². The molecule has 2 N–H and O–H groups in total. The summed E-state index contributed by atoms with van der Waals surface area (Å²) in [4.78, 5) is 10.4. The molecule has 0 bridgehead atoms. The maximum atomic E-state index is 11.0. The number of hydrogen-bond donors (Lipinski definition) is 2. The van der Waals surface area contributed by atoms with Gasteiger partial charge in [-0.2, -0.15) is 0 Å². The maximum absolute atomic E-state index is 11.0. The highest BCUT2D eigenvalue weighted by molar-refractivity contribution is 6.30. The molecule has 8 heteroatoms. The van der Waals surface area contributed by atoms with Crippen LogP contribution in [-0.4, -0.2) is 21.7 Å². The van der Waals surface area contributed by atoms with E-state index in [1.807, 2.05) is 0 Å². The highest BCUT2D eigenvalue weighted by Crippen LogP contribution is 2.34. The largest absolute Gasteiger partial charge is 0.506 e. The lowest BCUT2D eigenvalue weighted by Crippen LogP contribution is -1.89. The summed E-state index contributed by atoms with van der Waals surface area (Å²) < 4.78 is 0. The molecule has 2 aromatic rings. The molecule has 2 rings (SSSR count). The molecule has 0 aromatic heterocycles. The van der Waals surface area contributed by atoms with E-state index in [9.17, 15) is 15.2 Å². The maximum Gasteiger partial charge on any atom is 0.298 e. The van der Waals surface area contributed by atoms with Crippen LogP contribution < -0.4 is 0 Å². The molecule has 23 heavy (non-hydrogen) atoms. The van der Waals surface area contributed by atoms with Crippen molar-refractivity contribution in [2.75, 3.05) is 6.61 Å². The minimum absolute atomic E-state index is 0.0413. The monoisotopic (exact) mass is 335 g/mol. The van der Waals surface area contributed by atoms with Crippen molar-refractivity contribution in [1.82, 2.24) is 0 Å². The summed E-state index contributed by atoms with van der Waals surface area (Å²) in [5, 5.41) is 37.6. The second-order valence-electron chi connectivity index (χ2n) is 4.74. The van der Waals surface area contributed by atoms with Gasteiger partial charge in [0.2, 0.25) is 0 Å². The van der Waals surface area contributed by atoms with Crippen molar-refractivity contribution < 1.29 is 15.1 Å². The molecule has 0 aliphatic heterocycles. The van der Waals surface area contributed by atoms with Crippen molar-refractivity contribution >= 4 is 28.7 Å². The molecule has 0 unspecified atom stereocenters. The van der Waals surface area contributed by atoms with Gasteiger partial charge in [-0.05, 0) is 42.7 Å². The number of hydrogen-bond acceptors (Lipinski definition) is 6. The zero-order valence-corrected chi connectivity index (χ0v) is 12.8. The fourth-order valence-corrected chi connectivity index (χ4v) is 2.09. The van der Waals surface area contributed by atoms with Crippen molar-refractivity contribution in [1.29, 1.82) is 0 Å². The van der Waals surface area contributed by atoms with Crippen molar-refractivity contribution in [2.24, 2.45) is 10.2 Å². The molecule has 0 atom stereocenters. The number of aryl methyl sites for hydroxylation is 1. The van der Waals surface area contributed by atoms with E-state index in [1.165, 1.54) is 24.3 Å². The smallest absolute Gasteiger partial charge is 0.298 e. The number of aromatic hydroxyl groups is 1. The molecule has 120 valence electrons. The molecule has 2 aromatic carbocycles. The van der Waals surface area contributed by atoms with Crippen molar-refractivity contribution in [3.8, 4) is 5.75 Å². The number of aliphatic hydroxyl groups is 1. The van der Waals surface area contributed by atoms with E-state index < -0.39 is 4.92 Å². The first-order chi connectivity index (χ1) is 11.0. The van der Waals surface area contributed by atoms with Gasteiger partial charge in [0.1, 0.15) is 11.4 Å². The Kier molecular flexibility index (Phi) is 5.61. The van der Waals surface area contributed by atoms with E-state index in [4.69, 9.17) is 16.7 Å². The molecule has 0 aliphatic rings. The minimum Gasteiger partial charge on any atom is -0.506 e. The Morgan fingerprint density at radius 1 is 1.13 bits per heavy atom. The van der Waals surface area contributed by atoms with Crippen molar-refractivity contribution in [3.05, 3.63) is 57.1 Å². The average molecular weight is 336 g/mol. The normalized spacial score (nSPS) is 11.0. The van der Waals surface area contributed by atoms with E-state index in [-0.39, 0.29) is 34.4 Å².